The minimum absolute atomic E-state index is 0.224. The van der Waals surface area contributed by atoms with Gasteiger partial charge in [0, 0.05) is 23.8 Å². The average molecular weight is 443 g/mol. The number of carbonyl (C=O) groups is 1. The number of rotatable bonds is 6. The molecule has 1 heterocycles. The fourth-order valence-electron chi connectivity index (χ4n) is 3.22. The van der Waals surface area contributed by atoms with Crippen molar-refractivity contribution >= 4 is 23.4 Å². The zero-order valence-electron chi connectivity index (χ0n) is 16.1. The highest BCUT2D eigenvalue weighted by Gasteiger charge is 2.44. The molecule has 0 radical (unpaired) electrons. The van der Waals surface area contributed by atoms with E-state index in [4.69, 9.17) is 21.1 Å². The van der Waals surface area contributed by atoms with Crippen LogP contribution in [0.4, 0.5) is 23.7 Å². The van der Waals surface area contributed by atoms with Crippen molar-refractivity contribution < 1.29 is 27.4 Å². The number of hydrogen-bond donors (Lipinski definition) is 1. The van der Waals surface area contributed by atoms with Crippen LogP contribution in [0.15, 0.2) is 54.6 Å². The van der Waals surface area contributed by atoms with E-state index in [2.05, 4.69) is 5.32 Å². The lowest BCUT2D eigenvalue weighted by Crippen LogP contribution is -2.49. The molecule has 2 aromatic carbocycles. The SMILES string of the molecule is O=C(Nc1ccc(Cl)cc1)O[C@@H](CN1CCCC(Oc2ccccc2)C1)C(F)(F)F. The summed E-state index contributed by atoms with van der Waals surface area (Å²) in [4.78, 5) is 13.6. The number of nitrogens with zero attached hydrogens (tertiary/aromatic N) is 1. The van der Waals surface area contributed by atoms with E-state index < -0.39 is 24.9 Å². The summed E-state index contributed by atoms with van der Waals surface area (Å²) in [6.45, 7) is 0.346. The van der Waals surface area contributed by atoms with Crippen molar-refractivity contribution in [1.29, 1.82) is 0 Å². The summed E-state index contributed by atoms with van der Waals surface area (Å²) in [7, 11) is 0. The molecule has 1 unspecified atom stereocenters. The normalized spacial score (nSPS) is 18.5. The van der Waals surface area contributed by atoms with Crippen LogP contribution < -0.4 is 10.1 Å². The van der Waals surface area contributed by atoms with E-state index in [1.807, 2.05) is 30.3 Å². The molecular weight excluding hydrogens is 421 g/mol. The smallest absolute Gasteiger partial charge is 0.426 e. The third kappa shape index (κ3) is 6.81. The first-order valence-corrected chi connectivity index (χ1v) is 9.91. The molecule has 1 N–H and O–H groups in total. The standard InChI is InChI=1S/C21H22ClF3N2O3/c22-15-8-10-16(11-9-15)26-20(28)30-19(21(23,24)25)14-27-12-4-7-18(13-27)29-17-5-2-1-3-6-17/h1-3,5-6,8-11,18-19H,4,7,12-14H2,(H,26,28)/t18?,19-/m0/s1. The number of likely N-dealkylation sites (tertiary alicyclic amines) is 1. The van der Waals surface area contributed by atoms with E-state index in [1.54, 1.807) is 4.90 Å². The van der Waals surface area contributed by atoms with Crippen LogP contribution in [-0.4, -0.2) is 49.0 Å². The molecule has 1 aliphatic heterocycles. The van der Waals surface area contributed by atoms with Crippen LogP contribution in [0.3, 0.4) is 0 Å². The topological polar surface area (TPSA) is 50.8 Å². The fraction of sp³-hybridized carbons (Fsp3) is 0.381. The first-order valence-electron chi connectivity index (χ1n) is 9.53. The van der Waals surface area contributed by atoms with Crippen molar-refractivity contribution in [2.24, 2.45) is 0 Å². The second-order valence-electron chi connectivity index (χ2n) is 7.02. The van der Waals surface area contributed by atoms with Gasteiger partial charge in [0.15, 0.2) is 0 Å². The van der Waals surface area contributed by atoms with Gasteiger partial charge in [-0.05, 0) is 55.8 Å². The van der Waals surface area contributed by atoms with Crippen LogP contribution in [0.5, 0.6) is 5.75 Å². The highest BCUT2D eigenvalue weighted by Crippen LogP contribution is 2.26. The molecule has 1 fully saturated rings. The lowest BCUT2D eigenvalue weighted by Gasteiger charge is -2.35. The van der Waals surface area contributed by atoms with Gasteiger partial charge < -0.3 is 9.47 Å². The highest BCUT2D eigenvalue weighted by atomic mass is 35.5. The number of alkyl halides is 3. The van der Waals surface area contributed by atoms with Crippen LogP contribution >= 0.6 is 11.6 Å². The summed E-state index contributed by atoms with van der Waals surface area (Å²) in [5.41, 5.74) is 0.291. The number of para-hydroxylation sites is 1. The van der Waals surface area contributed by atoms with E-state index in [0.717, 1.165) is 6.42 Å². The third-order valence-electron chi connectivity index (χ3n) is 4.64. The molecule has 162 valence electrons. The summed E-state index contributed by atoms with van der Waals surface area (Å²) in [5.74, 6) is 0.676. The van der Waals surface area contributed by atoms with Crippen LogP contribution in [0.1, 0.15) is 12.8 Å². The molecule has 3 rings (SSSR count). The maximum absolute atomic E-state index is 13.5. The number of anilines is 1. The second-order valence-corrected chi connectivity index (χ2v) is 7.46. The lowest BCUT2D eigenvalue weighted by molar-refractivity contribution is -0.207. The van der Waals surface area contributed by atoms with Crippen LogP contribution in [0.2, 0.25) is 5.02 Å². The van der Waals surface area contributed by atoms with Crippen LogP contribution in [0.25, 0.3) is 0 Å². The Morgan fingerprint density at radius 1 is 1.17 bits per heavy atom. The third-order valence-corrected chi connectivity index (χ3v) is 4.89. The summed E-state index contributed by atoms with van der Waals surface area (Å²) in [5, 5.41) is 2.73. The van der Waals surface area contributed by atoms with Crippen molar-refractivity contribution in [3.63, 3.8) is 0 Å². The minimum atomic E-state index is -4.69. The molecule has 2 atom stereocenters. The van der Waals surface area contributed by atoms with E-state index >= 15 is 0 Å². The Labute approximate surface area is 177 Å². The molecule has 0 bridgehead atoms. The van der Waals surface area contributed by atoms with Gasteiger partial charge in [0.1, 0.15) is 11.9 Å². The monoisotopic (exact) mass is 442 g/mol. The van der Waals surface area contributed by atoms with Crippen molar-refractivity contribution in [2.75, 3.05) is 25.0 Å². The number of amides is 1. The molecule has 0 saturated carbocycles. The molecule has 30 heavy (non-hydrogen) atoms. The number of piperidine rings is 1. The summed E-state index contributed by atoms with van der Waals surface area (Å²) in [6.07, 6.45) is -6.89. The zero-order chi connectivity index (χ0) is 21.6. The van der Waals surface area contributed by atoms with Gasteiger partial charge >= 0.3 is 12.3 Å². The van der Waals surface area contributed by atoms with Crippen molar-refractivity contribution in [1.82, 2.24) is 4.90 Å². The number of halogens is 4. The van der Waals surface area contributed by atoms with E-state index in [1.165, 1.54) is 24.3 Å². The number of hydrogen-bond acceptors (Lipinski definition) is 4. The van der Waals surface area contributed by atoms with Gasteiger partial charge in [0.05, 0.1) is 0 Å². The van der Waals surface area contributed by atoms with Crippen molar-refractivity contribution in [2.45, 2.75) is 31.2 Å². The first-order chi connectivity index (χ1) is 14.3. The Bertz CT molecular complexity index is 818. The van der Waals surface area contributed by atoms with E-state index in [9.17, 15) is 18.0 Å². The molecule has 0 aromatic heterocycles. The van der Waals surface area contributed by atoms with Gasteiger partial charge in [-0.2, -0.15) is 13.2 Å². The molecule has 5 nitrogen and oxygen atoms in total. The number of nitrogens with one attached hydrogen (secondary N) is 1. The molecule has 0 aliphatic carbocycles. The van der Waals surface area contributed by atoms with Gasteiger partial charge in [-0.3, -0.25) is 10.2 Å². The molecule has 1 aliphatic rings. The maximum Gasteiger partial charge on any atom is 0.426 e. The van der Waals surface area contributed by atoms with Gasteiger partial charge in [0.2, 0.25) is 6.10 Å². The molecule has 0 spiro atoms. The second kappa shape index (κ2) is 10.0. The summed E-state index contributed by atoms with van der Waals surface area (Å²) >= 11 is 5.76. The molecular formula is C21H22ClF3N2O3. The van der Waals surface area contributed by atoms with E-state index in [0.29, 0.717) is 36.0 Å². The quantitative estimate of drug-likeness (QED) is 0.654. The Kier molecular flexibility index (Phi) is 7.44. The number of ether oxygens (including phenoxy) is 2. The van der Waals surface area contributed by atoms with Gasteiger partial charge in [-0.25, -0.2) is 4.79 Å². The number of carbonyl (C=O) groups excluding carboxylic acids is 1. The highest BCUT2D eigenvalue weighted by molar-refractivity contribution is 6.30. The van der Waals surface area contributed by atoms with Gasteiger partial charge in [-0.15, -0.1) is 0 Å². The Hall–Kier alpha value is -2.45. The van der Waals surface area contributed by atoms with Crippen molar-refractivity contribution in [3.05, 3.63) is 59.6 Å². The van der Waals surface area contributed by atoms with Gasteiger partial charge in [-0.1, -0.05) is 29.8 Å². The predicted molar refractivity (Wildman–Crippen MR) is 108 cm³/mol. The lowest BCUT2D eigenvalue weighted by atomic mass is 10.1. The molecule has 1 saturated heterocycles. The predicted octanol–water partition coefficient (Wildman–Crippen LogP) is 5.36. The van der Waals surface area contributed by atoms with Crippen LogP contribution in [0, 0.1) is 0 Å². The average Bonchev–Trinajstić information content (AvgIpc) is 2.70. The van der Waals surface area contributed by atoms with Crippen molar-refractivity contribution in [3.8, 4) is 5.75 Å². The fourth-order valence-corrected chi connectivity index (χ4v) is 3.34. The largest absolute Gasteiger partial charge is 0.489 e. The minimum Gasteiger partial charge on any atom is -0.489 e. The summed E-state index contributed by atoms with van der Waals surface area (Å²) < 4.78 is 51.1. The van der Waals surface area contributed by atoms with E-state index in [-0.39, 0.29) is 6.10 Å². The Morgan fingerprint density at radius 2 is 1.87 bits per heavy atom. The Balaban J connectivity index is 1.57. The van der Waals surface area contributed by atoms with Crippen LogP contribution in [-0.2, 0) is 4.74 Å². The zero-order valence-corrected chi connectivity index (χ0v) is 16.8. The molecule has 1 amide bonds. The summed E-state index contributed by atoms with van der Waals surface area (Å²) in [6, 6.07) is 15.1. The van der Waals surface area contributed by atoms with Gasteiger partial charge in [0.25, 0.3) is 0 Å². The maximum atomic E-state index is 13.5. The first kappa shape index (κ1) is 22.2. The number of benzene rings is 2. The molecule has 9 heteroatoms. The Morgan fingerprint density at radius 3 is 2.53 bits per heavy atom. The molecule has 2 aromatic rings.